The summed E-state index contributed by atoms with van der Waals surface area (Å²) in [5.41, 5.74) is 7.46. The van der Waals surface area contributed by atoms with E-state index in [0.717, 1.165) is 11.1 Å². The molecule has 4 nitrogen and oxygen atoms in total. The molecule has 0 heterocycles. The zero-order valence-electron chi connectivity index (χ0n) is 13.1. The summed E-state index contributed by atoms with van der Waals surface area (Å²) in [6.07, 6.45) is 0.299. The number of aryl methyl sites for hydroxylation is 2. The van der Waals surface area contributed by atoms with Gasteiger partial charge in [-0.3, -0.25) is 4.79 Å². The number of aromatic hydroxyl groups is 1. The van der Waals surface area contributed by atoms with Gasteiger partial charge in [0.1, 0.15) is 5.75 Å². The predicted octanol–water partition coefficient (Wildman–Crippen LogP) is 3.09. The topological polar surface area (TPSA) is 61.7 Å². The summed E-state index contributed by atoms with van der Waals surface area (Å²) >= 11 is 0. The van der Waals surface area contributed by atoms with Gasteiger partial charge in [-0.2, -0.15) is 5.10 Å². The second-order valence-corrected chi connectivity index (χ2v) is 5.37. The normalized spacial score (nSPS) is 11.3. The Bertz CT molecular complexity index is 704. The minimum absolute atomic E-state index is 0.151. The molecule has 0 fully saturated rings. The van der Waals surface area contributed by atoms with Crippen molar-refractivity contribution in [2.45, 2.75) is 27.2 Å². The van der Waals surface area contributed by atoms with Gasteiger partial charge in [0.05, 0.1) is 12.1 Å². The van der Waals surface area contributed by atoms with Crippen LogP contribution in [-0.2, 0) is 11.2 Å². The van der Waals surface area contributed by atoms with Gasteiger partial charge in [0.15, 0.2) is 0 Å². The maximum Gasteiger partial charge on any atom is 0.244 e. The van der Waals surface area contributed by atoms with E-state index < -0.39 is 0 Å². The fourth-order valence-electron chi connectivity index (χ4n) is 2.05. The van der Waals surface area contributed by atoms with E-state index in [-0.39, 0.29) is 11.7 Å². The molecule has 1 amide bonds. The summed E-state index contributed by atoms with van der Waals surface area (Å²) < 4.78 is 0. The van der Waals surface area contributed by atoms with Crippen LogP contribution in [-0.4, -0.2) is 16.7 Å². The van der Waals surface area contributed by atoms with Crippen molar-refractivity contribution in [2.24, 2.45) is 5.10 Å². The molecule has 2 N–H and O–H groups in total. The first-order valence-corrected chi connectivity index (χ1v) is 7.14. The van der Waals surface area contributed by atoms with E-state index in [1.54, 1.807) is 24.3 Å². The van der Waals surface area contributed by atoms with Crippen LogP contribution in [0.25, 0.3) is 0 Å². The summed E-state index contributed by atoms with van der Waals surface area (Å²) in [6, 6.07) is 12.7. The van der Waals surface area contributed by atoms with Crippen molar-refractivity contribution in [1.29, 1.82) is 0 Å². The summed E-state index contributed by atoms with van der Waals surface area (Å²) in [6.45, 7) is 5.89. The first kappa shape index (κ1) is 15.8. The molecule has 0 saturated heterocycles. The number of phenolic OH excluding ortho intramolecular Hbond substituents is 1. The molecule has 2 rings (SSSR count). The number of carbonyl (C=O) groups excluding carboxylic acids is 1. The molecular weight excluding hydrogens is 276 g/mol. The van der Waals surface area contributed by atoms with Crippen molar-refractivity contribution in [3.05, 3.63) is 64.7 Å². The Morgan fingerprint density at radius 3 is 2.41 bits per heavy atom. The Morgan fingerprint density at radius 2 is 1.77 bits per heavy atom. The molecular formula is C18H20N2O2. The minimum Gasteiger partial charge on any atom is -0.508 e. The maximum atomic E-state index is 11.9. The van der Waals surface area contributed by atoms with Gasteiger partial charge in [0.25, 0.3) is 0 Å². The third-order valence-corrected chi connectivity index (χ3v) is 3.57. The number of nitrogens with zero attached hydrogens (tertiary/aromatic N) is 1. The lowest BCUT2D eigenvalue weighted by atomic mass is 10.0. The van der Waals surface area contributed by atoms with Crippen LogP contribution in [0.15, 0.2) is 47.6 Å². The molecule has 0 atom stereocenters. The van der Waals surface area contributed by atoms with E-state index >= 15 is 0 Å². The Labute approximate surface area is 130 Å². The first-order chi connectivity index (χ1) is 10.5. The Hall–Kier alpha value is -2.62. The number of benzene rings is 2. The molecule has 0 aromatic heterocycles. The molecule has 4 heteroatoms. The van der Waals surface area contributed by atoms with Crippen LogP contribution >= 0.6 is 0 Å². The predicted molar refractivity (Wildman–Crippen MR) is 88.1 cm³/mol. The standard InChI is InChI=1S/C18H20N2O2/c1-12-4-5-15(10-13(12)2)11-18(22)20-19-14(3)16-6-8-17(21)9-7-16/h4-10,21H,11H2,1-3H3,(H,20,22)/b19-14+. The molecule has 0 aliphatic heterocycles. The van der Waals surface area contributed by atoms with Crippen molar-refractivity contribution in [1.82, 2.24) is 5.43 Å². The van der Waals surface area contributed by atoms with Gasteiger partial charge >= 0.3 is 0 Å². The minimum atomic E-state index is -0.151. The molecule has 2 aromatic carbocycles. The number of hydrazone groups is 1. The van der Waals surface area contributed by atoms with Crippen molar-refractivity contribution in [3.63, 3.8) is 0 Å². The Kier molecular flexibility index (Phi) is 4.94. The van der Waals surface area contributed by atoms with Gasteiger partial charge in [-0.1, -0.05) is 18.2 Å². The molecule has 0 spiro atoms. The third kappa shape index (κ3) is 4.19. The lowest BCUT2D eigenvalue weighted by Gasteiger charge is -2.05. The Balaban J connectivity index is 1.98. The summed E-state index contributed by atoms with van der Waals surface area (Å²) in [5.74, 6) is 0.0525. The second kappa shape index (κ2) is 6.89. The van der Waals surface area contributed by atoms with Gasteiger partial charge in [-0.25, -0.2) is 5.43 Å². The fourth-order valence-corrected chi connectivity index (χ4v) is 2.05. The molecule has 22 heavy (non-hydrogen) atoms. The van der Waals surface area contributed by atoms with Gasteiger partial charge in [0, 0.05) is 0 Å². The van der Waals surface area contributed by atoms with Crippen molar-refractivity contribution >= 4 is 11.6 Å². The second-order valence-electron chi connectivity index (χ2n) is 5.37. The number of amides is 1. The molecule has 0 aliphatic rings. The molecule has 0 aliphatic carbocycles. The number of carbonyl (C=O) groups is 1. The highest BCUT2D eigenvalue weighted by molar-refractivity contribution is 5.99. The highest BCUT2D eigenvalue weighted by Gasteiger charge is 2.04. The SMILES string of the molecule is C/C(=N\NC(=O)Cc1ccc(C)c(C)c1)c1ccc(O)cc1. The van der Waals surface area contributed by atoms with Crippen LogP contribution in [0.3, 0.4) is 0 Å². The van der Waals surface area contributed by atoms with Crippen LogP contribution in [0.2, 0.25) is 0 Å². The van der Waals surface area contributed by atoms with Gasteiger partial charge in [-0.05, 0) is 67.3 Å². The number of hydrogen-bond acceptors (Lipinski definition) is 3. The van der Waals surface area contributed by atoms with E-state index in [1.165, 1.54) is 11.1 Å². The van der Waals surface area contributed by atoms with Crippen molar-refractivity contribution in [2.75, 3.05) is 0 Å². The van der Waals surface area contributed by atoms with E-state index in [1.807, 2.05) is 39.0 Å². The molecule has 0 saturated carbocycles. The molecule has 114 valence electrons. The molecule has 0 radical (unpaired) electrons. The monoisotopic (exact) mass is 296 g/mol. The first-order valence-electron chi connectivity index (χ1n) is 7.14. The third-order valence-electron chi connectivity index (χ3n) is 3.57. The smallest absolute Gasteiger partial charge is 0.244 e. The lowest BCUT2D eigenvalue weighted by Crippen LogP contribution is -2.21. The largest absolute Gasteiger partial charge is 0.508 e. The summed E-state index contributed by atoms with van der Waals surface area (Å²) in [5, 5.41) is 13.3. The van der Waals surface area contributed by atoms with Crippen LogP contribution in [0.4, 0.5) is 0 Å². The van der Waals surface area contributed by atoms with Gasteiger partial charge in [-0.15, -0.1) is 0 Å². The van der Waals surface area contributed by atoms with Crippen molar-refractivity contribution in [3.8, 4) is 5.75 Å². The highest BCUT2D eigenvalue weighted by atomic mass is 16.3. The number of rotatable bonds is 4. The highest BCUT2D eigenvalue weighted by Crippen LogP contribution is 2.11. The van der Waals surface area contributed by atoms with Gasteiger partial charge in [0.2, 0.25) is 5.91 Å². The fraction of sp³-hybridized carbons (Fsp3) is 0.222. The van der Waals surface area contributed by atoms with Crippen LogP contribution in [0.1, 0.15) is 29.2 Å². The number of phenols is 1. The number of hydrogen-bond donors (Lipinski definition) is 2. The van der Waals surface area contributed by atoms with Crippen LogP contribution in [0.5, 0.6) is 5.75 Å². The average molecular weight is 296 g/mol. The lowest BCUT2D eigenvalue weighted by molar-refractivity contribution is -0.120. The molecule has 2 aromatic rings. The molecule has 0 unspecified atom stereocenters. The maximum absolute atomic E-state index is 11.9. The summed E-state index contributed by atoms with van der Waals surface area (Å²) in [7, 11) is 0. The summed E-state index contributed by atoms with van der Waals surface area (Å²) in [4.78, 5) is 11.9. The van der Waals surface area contributed by atoms with Crippen LogP contribution in [0, 0.1) is 13.8 Å². The zero-order valence-corrected chi connectivity index (χ0v) is 13.1. The quantitative estimate of drug-likeness (QED) is 0.672. The van der Waals surface area contributed by atoms with Crippen LogP contribution < -0.4 is 5.43 Å². The zero-order chi connectivity index (χ0) is 16.1. The average Bonchev–Trinajstić information content (AvgIpc) is 2.49. The number of nitrogens with one attached hydrogen (secondary N) is 1. The van der Waals surface area contributed by atoms with Crippen molar-refractivity contribution < 1.29 is 9.90 Å². The Morgan fingerprint density at radius 1 is 1.09 bits per heavy atom. The van der Waals surface area contributed by atoms with E-state index in [4.69, 9.17) is 0 Å². The van der Waals surface area contributed by atoms with E-state index in [0.29, 0.717) is 12.1 Å². The van der Waals surface area contributed by atoms with E-state index in [9.17, 15) is 9.90 Å². The van der Waals surface area contributed by atoms with E-state index in [2.05, 4.69) is 10.5 Å². The molecule has 0 bridgehead atoms. The van der Waals surface area contributed by atoms with Gasteiger partial charge < -0.3 is 5.11 Å².